The van der Waals surface area contributed by atoms with Gasteiger partial charge in [0.25, 0.3) is 0 Å². The first kappa shape index (κ1) is 22.9. The number of halogens is 2. The maximum atomic E-state index is 13.5. The van der Waals surface area contributed by atoms with Crippen LogP contribution in [0, 0.1) is 25.5 Å². The van der Waals surface area contributed by atoms with Crippen LogP contribution >= 0.6 is 0 Å². The third kappa shape index (κ3) is 5.28. The molecule has 0 radical (unpaired) electrons. The average molecular weight is 434 g/mol. The summed E-state index contributed by atoms with van der Waals surface area (Å²) in [6.07, 6.45) is 0.259. The van der Waals surface area contributed by atoms with Crippen LogP contribution in [0.3, 0.4) is 0 Å². The maximum Gasteiger partial charge on any atom is 0.236 e. The summed E-state index contributed by atoms with van der Waals surface area (Å²) in [5.74, 6) is -1.28. The largest absolute Gasteiger partial charge is 0.361 e. The van der Waals surface area contributed by atoms with E-state index < -0.39 is 11.6 Å². The van der Waals surface area contributed by atoms with Crippen LogP contribution < -0.4 is 0 Å². The number of hydrogen-bond donors (Lipinski definition) is 0. The number of carbonyl (C=O) groups excluding carboxylic acids is 2. The highest BCUT2D eigenvalue weighted by Crippen LogP contribution is 2.21. The molecule has 1 aromatic carbocycles. The highest BCUT2D eigenvalue weighted by atomic mass is 19.2. The zero-order chi connectivity index (χ0) is 22.7. The Labute approximate surface area is 180 Å². The molecule has 2 aromatic rings. The monoisotopic (exact) mass is 434 g/mol. The molecule has 7 nitrogen and oxygen atoms in total. The number of benzene rings is 1. The van der Waals surface area contributed by atoms with Gasteiger partial charge in [-0.25, -0.2) is 8.78 Å². The second-order valence-electron chi connectivity index (χ2n) is 7.99. The van der Waals surface area contributed by atoms with Crippen LogP contribution in [0.4, 0.5) is 8.78 Å². The van der Waals surface area contributed by atoms with Gasteiger partial charge in [-0.1, -0.05) is 11.2 Å². The van der Waals surface area contributed by atoms with Gasteiger partial charge in [-0.3, -0.25) is 14.5 Å². The molecule has 0 spiro atoms. The summed E-state index contributed by atoms with van der Waals surface area (Å²) in [7, 11) is 1.65. The molecule has 31 heavy (non-hydrogen) atoms. The van der Waals surface area contributed by atoms with Crippen LogP contribution in [0.2, 0.25) is 0 Å². The second kappa shape index (κ2) is 9.55. The molecule has 1 unspecified atom stereocenters. The van der Waals surface area contributed by atoms with E-state index in [9.17, 15) is 18.4 Å². The molecule has 0 aliphatic carbocycles. The molecule has 1 fully saturated rings. The van der Waals surface area contributed by atoms with Crippen LogP contribution in [0.5, 0.6) is 0 Å². The maximum absolute atomic E-state index is 13.5. The number of amides is 2. The van der Waals surface area contributed by atoms with E-state index in [4.69, 9.17) is 4.52 Å². The van der Waals surface area contributed by atoms with Gasteiger partial charge in [0, 0.05) is 38.8 Å². The number of likely N-dealkylation sites (N-methyl/N-ethyl adjacent to an activating group) is 1. The molecule has 9 heteroatoms. The smallest absolute Gasteiger partial charge is 0.236 e. The first-order chi connectivity index (χ1) is 14.7. The predicted octanol–water partition coefficient (Wildman–Crippen LogP) is 2.48. The summed E-state index contributed by atoms with van der Waals surface area (Å²) < 4.78 is 31.8. The van der Waals surface area contributed by atoms with E-state index in [2.05, 4.69) is 5.16 Å². The van der Waals surface area contributed by atoms with Crippen LogP contribution in [0.25, 0.3) is 0 Å². The quantitative estimate of drug-likeness (QED) is 0.699. The van der Waals surface area contributed by atoms with Gasteiger partial charge in [0.05, 0.1) is 24.7 Å². The van der Waals surface area contributed by atoms with Crippen molar-refractivity contribution in [2.24, 2.45) is 0 Å². The first-order valence-electron chi connectivity index (χ1n) is 10.3. The highest BCUT2D eigenvalue weighted by Gasteiger charge is 2.26. The minimum Gasteiger partial charge on any atom is -0.361 e. The van der Waals surface area contributed by atoms with Crippen molar-refractivity contribution in [3.8, 4) is 0 Å². The number of nitrogens with zero attached hydrogens (tertiary/aromatic N) is 4. The van der Waals surface area contributed by atoms with Crippen molar-refractivity contribution in [1.82, 2.24) is 19.9 Å². The molecule has 0 bridgehead atoms. The fourth-order valence-electron chi connectivity index (χ4n) is 3.69. The van der Waals surface area contributed by atoms with Gasteiger partial charge in [-0.15, -0.1) is 0 Å². The van der Waals surface area contributed by atoms with Gasteiger partial charge in [0.1, 0.15) is 5.76 Å². The number of carbonyl (C=O) groups is 2. The van der Waals surface area contributed by atoms with Crippen LogP contribution in [0.1, 0.15) is 35.5 Å². The number of aromatic nitrogens is 1. The Morgan fingerprint density at radius 2 is 1.84 bits per heavy atom. The van der Waals surface area contributed by atoms with E-state index in [-0.39, 0.29) is 30.8 Å². The molecule has 1 atom stereocenters. The minimum atomic E-state index is -0.928. The normalized spacial score (nSPS) is 15.7. The predicted molar refractivity (Wildman–Crippen MR) is 110 cm³/mol. The highest BCUT2D eigenvalue weighted by molar-refractivity contribution is 5.80. The molecule has 2 heterocycles. The van der Waals surface area contributed by atoms with Crippen molar-refractivity contribution < 1.29 is 22.9 Å². The number of aryl methyl sites for hydroxylation is 2. The topological polar surface area (TPSA) is 69.9 Å². The fourth-order valence-corrected chi connectivity index (χ4v) is 3.69. The molecule has 1 aromatic heterocycles. The molecule has 168 valence electrons. The van der Waals surface area contributed by atoms with Gasteiger partial charge < -0.3 is 14.3 Å². The Morgan fingerprint density at radius 1 is 1.16 bits per heavy atom. The van der Waals surface area contributed by atoms with Crippen molar-refractivity contribution in [1.29, 1.82) is 0 Å². The second-order valence-corrected chi connectivity index (χ2v) is 7.99. The Bertz CT molecular complexity index is 935. The van der Waals surface area contributed by atoms with Crippen molar-refractivity contribution in [3.63, 3.8) is 0 Å². The van der Waals surface area contributed by atoms with E-state index >= 15 is 0 Å². The lowest BCUT2D eigenvalue weighted by atomic mass is 10.1. The van der Waals surface area contributed by atoms with E-state index in [0.29, 0.717) is 37.5 Å². The lowest BCUT2D eigenvalue weighted by Gasteiger charge is -2.35. The Morgan fingerprint density at radius 3 is 2.42 bits per heavy atom. The molecule has 0 N–H and O–H groups in total. The van der Waals surface area contributed by atoms with Gasteiger partial charge in [-0.05, 0) is 38.5 Å². The van der Waals surface area contributed by atoms with Gasteiger partial charge in [-0.2, -0.15) is 0 Å². The van der Waals surface area contributed by atoms with Crippen LogP contribution in [-0.2, 0) is 16.0 Å². The summed E-state index contributed by atoms with van der Waals surface area (Å²) in [5.41, 5.74) is 2.09. The van der Waals surface area contributed by atoms with Gasteiger partial charge in [0.2, 0.25) is 11.8 Å². The minimum absolute atomic E-state index is 0.0180. The average Bonchev–Trinajstić information content (AvgIpc) is 3.07. The molecular formula is C22H28F2N4O3. The summed E-state index contributed by atoms with van der Waals surface area (Å²) in [6.45, 7) is 7.85. The zero-order valence-corrected chi connectivity index (χ0v) is 18.3. The molecule has 2 amide bonds. The molecule has 3 rings (SSSR count). The molecule has 1 aliphatic rings. The van der Waals surface area contributed by atoms with E-state index in [1.807, 2.05) is 11.8 Å². The zero-order valence-electron chi connectivity index (χ0n) is 18.3. The van der Waals surface area contributed by atoms with Crippen molar-refractivity contribution in [2.45, 2.75) is 33.2 Å². The third-order valence-electron chi connectivity index (χ3n) is 5.99. The molecule has 1 saturated heterocycles. The Hall–Kier alpha value is -2.81. The van der Waals surface area contributed by atoms with Crippen molar-refractivity contribution in [2.75, 3.05) is 39.8 Å². The van der Waals surface area contributed by atoms with Crippen LogP contribution in [0.15, 0.2) is 22.7 Å². The van der Waals surface area contributed by atoms with E-state index in [0.717, 1.165) is 23.4 Å². The number of piperazine rings is 1. The fraction of sp³-hybridized carbons (Fsp3) is 0.500. The third-order valence-corrected chi connectivity index (χ3v) is 5.99. The van der Waals surface area contributed by atoms with Gasteiger partial charge >= 0.3 is 0 Å². The van der Waals surface area contributed by atoms with Crippen molar-refractivity contribution in [3.05, 3.63) is 52.4 Å². The van der Waals surface area contributed by atoms with Crippen LogP contribution in [-0.4, -0.2) is 71.4 Å². The van der Waals surface area contributed by atoms with E-state index in [1.54, 1.807) is 25.8 Å². The molecule has 0 saturated carbocycles. The summed E-state index contributed by atoms with van der Waals surface area (Å²) in [4.78, 5) is 30.6. The summed E-state index contributed by atoms with van der Waals surface area (Å²) in [6, 6.07) is 3.28. The lowest BCUT2D eigenvalue weighted by molar-refractivity contribution is -0.135. The standard InChI is InChI=1S/C22H28F2N4O3/c1-14-18(16(3)31-25-14)12-21(29)28-9-7-27(8-10-28)13-22(30)26(4)15(2)17-5-6-19(23)20(24)11-17/h5-6,11,15H,7-10,12-13H2,1-4H3. The number of hydrogen-bond acceptors (Lipinski definition) is 5. The molecular weight excluding hydrogens is 406 g/mol. The summed E-state index contributed by atoms with van der Waals surface area (Å²) >= 11 is 0. The van der Waals surface area contributed by atoms with Crippen molar-refractivity contribution >= 4 is 11.8 Å². The van der Waals surface area contributed by atoms with Gasteiger partial charge in [0.15, 0.2) is 11.6 Å². The SMILES string of the molecule is Cc1noc(C)c1CC(=O)N1CCN(CC(=O)N(C)C(C)c2ccc(F)c(F)c2)CC1. The summed E-state index contributed by atoms with van der Waals surface area (Å²) in [5, 5.41) is 3.89. The lowest BCUT2D eigenvalue weighted by Crippen LogP contribution is -2.51. The Balaban J connectivity index is 1.50. The number of rotatable bonds is 6. The Kier molecular flexibility index (Phi) is 7.04. The van der Waals surface area contributed by atoms with E-state index in [1.165, 1.54) is 11.0 Å². The molecule has 1 aliphatic heterocycles. The first-order valence-corrected chi connectivity index (χ1v) is 10.3.